The topological polar surface area (TPSA) is 167 Å². The summed E-state index contributed by atoms with van der Waals surface area (Å²) in [6.45, 7) is -0.00382. The third-order valence-electron chi connectivity index (χ3n) is 5.15. The summed E-state index contributed by atoms with van der Waals surface area (Å²) in [5.41, 5.74) is 1.56. The Hall–Kier alpha value is -5.21. The van der Waals surface area contributed by atoms with E-state index in [-0.39, 0.29) is 18.8 Å². The number of carbonyl (C=O) groups excluding carboxylic acids is 2. The highest BCUT2D eigenvalue weighted by molar-refractivity contribution is 5.83. The van der Waals surface area contributed by atoms with Gasteiger partial charge < -0.3 is 30.9 Å². The number of alkyl carbamates (subject to hydrolysis) is 1. The average molecular weight is 595 g/mol. The number of rotatable bonds is 11. The van der Waals surface area contributed by atoms with Crippen LogP contribution in [0.4, 0.5) is 28.2 Å². The molecule has 2 aromatic carbocycles. The van der Waals surface area contributed by atoms with Crippen LogP contribution in [-0.4, -0.2) is 65.0 Å². The Bertz CT molecular complexity index is 1340. The number of amides is 2. The van der Waals surface area contributed by atoms with E-state index in [0.29, 0.717) is 29.1 Å². The number of carboxylic acid groups (broad SMARTS) is 2. The zero-order valence-electron chi connectivity index (χ0n) is 21.7. The lowest BCUT2D eigenvalue weighted by atomic mass is 9.99. The number of ether oxygens (including phenoxy) is 1. The zero-order valence-corrected chi connectivity index (χ0v) is 21.7. The molecule has 1 atom stereocenters. The van der Waals surface area contributed by atoms with Crippen molar-refractivity contribution in [2.45, 2.75) is 18.6 Å². The molecule has 2 amide bonds. The molecule has 5 N–H and O–H groups in total. The fourth-order valence-electron chi connectivity index (χ4n) is 3.26. The van der Waals surface area contributed by atoms with E-state index in [2.05, 4.69) is 20.9 Å². The number of halogens is 4. The number of hydrogen-bond donors (Lipinski definition) is 5. The van der Waals surface area contributed by atoms with Crippen LogP contribution in [0.5, 0.6) is 0 Å². The van der Waals surface area contributed by atoms with Crippen molar-refractivity contribution in [1.29, 1.82) is 0 Å². The summed E-state index contributed by atoms with van der Waals surface area (Å²) in [5.74, 6) is -4.19. The van der Waals surface area contributed by atoms with Crippen molar-refractivity contribution in [2.75, 3.05) is 25.0 Å². The van der Waals surface area contributed by atoms with E-state index in [0.717, 1.165) is 0 Å². The van der Waals surface area contributed by atoms with Crippen LogP contribution in [0.15, 0.2) is 72.9 Å². The minimum atomic E-state index is -5.08. The van der Waals surface area contributed by atoms with Crippen LogP contribution < -0.4 is 16.0 Å². The maximum atomic E-state index is 14.0. The molecule has 224 valence electrons. The highest BCUT2D eigenvalue weighted by Crippen LogP contribution is 2.25. The van der Waals surface area contributed by atoms with Crippen LogP contribution >= 0.6 is 0 Å². The van der Waals surface area contributed by atoms with Gasteiger partial charge in [0.05, 0.1) is 19.0 Å². The average Bonchev–Trinajstić information content (AvgIpc) is 2.94. The summed E-state index contributed by atoms with van der Waals surface area (Å²) in [4.78, 5) is 48.4. The first-order valence-corrected chi connectivity index (χ1v) is 12.1. The Kier molecular flexibility index (Phi) is 12.7. The molecule has 0 aliphatic heterocycles. The smallest absolute Gasteiger partial charge is 0.481 e. The second-order valence-corrected chi connectivity index (χ2v) is 8.25. The Labute approximate surface area is 236 Å². The number of carboxylic acids is 2. The number of anilines is 1. The summed E-state index contributed by atoms with van der Waals surface area (Å²) in [7, 11) is 0. The molecule has 0 saturated heterocycles. The minimum Gasteiger partial charge on any atom is -0.481 e. The first-order chi connectivity index (χ1) is 19.9. The summed E-state index contributed by atoms with van der Waals surface area (Å²) < 4.78 is 50.7. The van der Waals surface area contributed by atoms with Gasteiger partial charge in [0.2, 0.25) is 5.91 Å². The molecule has 0 aliphatic carbocycles. The van der Waals surface area contributed by atoms with E-state index in [1.165, 1.54) is 6.07 Å². The summed E-state index contributed by atoms with van der Waals surface area (Å²) >= 11 is 0. The molecule has 0 radical (unpaired) electrons. The van der Waals surface area contributed by atoms with Crippen molar-refractivity contribution in [3.05, 3.63) is 84.3 Å². The molecule has 0 aliphatic rings. The highest BCUT2D eigenvalue weighted by Gasteiger charge is 2.38. The van der Waals surface area contributed by atoms with Gasteiger partial charge in [0.1, 0.15) is 24.8 Å². The number of carbonyl (C=O) groups is 4. The van der Waals surface area contributed by atoms with Crippen molar-refractivity contribution in [1.82, 2.24) is 15.6 Å². The zero-order chi connectivity index (χ0) is 31.1. The van der Waals surface area contributed by atoms with Gasteiger partial charge in [-0.2, -0.15) is 13.2 Å². The summed E-state index contributed by atoms with van der Waals surface area (Å²) in [6, 6.07) is 17.4. The first kappa shape index (κ1) is 33.0. The Morgan fingerprint density at radius 1 is 0.929 bits per heavy atom. The van der Waals surface area contributed by atoms with Crippen LogP contribution in [0.3, 0.4) is 0 Å². The third kappa shape index (κ3) is 11.9. The lowest BCUT2D eigenvalue weighted by Crippen LogP contribution is -2.39. The normalized spacial score (nSPS) is 11.2. The maximum Gasteiger partial charge on any atom is 0.490 e. The molecule has 1 heterocycles. The van der Waals surface area contributed by atoms with Gasteiger partial charge in [-0.05, 0) is 29.3 Å². The number of aliphatic carboxylic acids is 2. The Morgan fingerprint density at radius 3 is 2.14 bits per heavy atom. The number of nitrogens with one attached hydrogen (secondary N) is 3. The lowest BCUT2D eigenvalue weighted by Gasteiger charge is -2.18. The van der Waals surface area contributed by atoms with Gasteiger partial charge in [-0.3, -0.25) is 9.59 Å². The first-order valence-electron chi connectivity index (χ1n) is 12.1. The Morgan fingerprint density at radius 2 is 1.57 bits per heavy atom. The number of alkyl halides is 3. The van der Waals surface area contributed by atoms with Gasteiger partial charge in [-0.25, -0.2) is 19.0 Å². The molecule has 0 spiro atoms. The largest absolute Gasteiger partial charge is 0.490 e. The van der Waals surface area contributed by atoms with Crippen molar-refractivity contribution in [2.24, 2.45) is 0 Å². The lowest BCUT2D eigenvalue weighted by molar-refractivity contribution is -0.192. The number of nitrogens with zero attached hydrogens (tertiary/aromatic N) is 1. The number of benzene rings is 2. The monoisotopic (exact) mass is 594 g/mol. The molecule has 3 rings (SSSR count). The molecule has 1 unspecified atom stereocenters. The standard InChI is InChI=1S/C25H25FN4O5.C2HF3O2/c26-20-6-2-1-5-19(20)17-8-10-18(11-9-17)21(15-24(32)33)30-23(31)16-29-25(34)35-14-13-28-22-7-3-4-12-27-22;3-2(4,5)1(6)7/h1-12,21H,13-16H2,(H,27,28)(H,29,34)(H,30,31)(H,32,33);(H,6,7). The van der Waals surface area contributed by atoms with Crippen LogP contribution in [-0.2, 0) is 19.1 Å². The fourth-order valence-corrected chi connectivity index (χ4v) is 3.26. The van der Waals surface area contributed by atoms with Crippen molar-refractivity contribution in [3.8, 4) is 11.1 Å². The van der Waals surface area contributed by atoms with Crippen LogP contribution in [0, 0.1) is 5.82 Å². The fraction of sp³-hybridized carbons (Fsp3) is 0.222. The number of hydrogen-bond acceptors (Lipinski definition) is 7. The van der Waals surface area contributed by atoms with Gasteiger partial charge in [-0.1, -0.05) is 48.5 Å². The molecule has 0 saturated carbocycles. The van der Waals surface area contributed by atoms with Gasteiger partial charge >= 0.3 is 24.2 Å². The number of aromatic nitrogens is 1. The van der Waals surface area contributed by atoms with Gasteiger partial charge in [-0.15, -0.1) is 0 Å². The summed E-state index contributed by atoms with van der Waals surface area (Å²) in [6.07, 6.45) is -4.61. The van der Waals surface area contributed by atoms with Crippen LogP contribution in [0.1, 0.15) is 18.0 Å². The number of pyridine rings is 1. The van der Waals surface area contributed by atoms with E-state index >= 15 is 0 Å². The molecular weight excluding hydrogens is 568 g/mol. The second kappa shape index (κ2) is 16.2. The van der Waals surface area contributed by atoms with Gasteiger partial charge in [0.25, 0.3) is 0 Å². The third-order valence-corrected chi connectivity index (χ3v) is 5.15. The second-order valence-electron chi connectivity index (χ2n) is 8.25. The van der Waals surface area contributed by atoms with Crippen molar-refractivity contribution in [3.63, 3.8) is 0 Å². The van der Waals surface area contributed by atoms with E-state index in [1.54, 1.807) is 60.8 Å². The molecule has 42 heavy (non-hydrogen) atoms. The van der Waals surface area contributed by atoms with Gasteiger partial charge in [0.15, 0.2) is 0 Å². The Balaban J connectivity index is 0.000000782. The predicted molar refractivity (Wildman–Crippen MR) is 141 cm³/mol. The van der Waals surface area contributed by atoms with E-state index < -0.39 is 42.7 Å². The SMILES string of the molecule is O=C(O)C(F)(F)F.O=C(O)CC(NC(=O)CNC(=O)OCCNc1ccccn1)c1ccc(-c2ccccc2F)cc1. The highest BCUT2D eigenvalue weighted by atomic mass is 19.4. The van der Waals surface area contributed by atoms with Crippen molar-refractivity contribution >= 4 is 29.8 Å². The van der Waals surface area contributed by atoms with Crippen molar-refractivity contribution < 1.29 is 51.7 Å². The molecule has 1 aromatic heterocycles. The van der Waals surface area contributed by atoms with E-state index in [9.17, 15) is 37.1 Å². The predicted octanol–water partition coefficient (Wildman–Crippen LogP) is 3.99. The quantitative estimate of drug-likeness (QED) is 0.163. The maximum absolute atomic E-state index is 14.0. The van der Waals surface area contributed by atoms with Crippen LogP contribution in [0.2, 0.25) is 0 Å². The molecular formula is C27H26F4N4O7. The summed E-state index contributed by atoms with van der Waals surface area (Å²) in [5, 5.41) is 24.3. The molecule has 3 aromatic rings. The minimum absolute atomic E-state index is 0.0556. The van der Waals surface area contributed by atoms with E-state index in [4.69, 9.17) is 14.6 Å². The molecule has 0 bridgehead atoms. The molecule has 11 nitrogen and oxygen atoms in total. The molecule has 0 fully saturated rings. The molecule has 15 heteroatoms. The van der Waals surface area contributed by atoms with Gasteiger partial charge in [0, 0.05) is 11.8 Å². The van der Waals surface area contributed by atoms with E-state index in [1.807, 2.05) is 6.07 Å². The van der Waals surface area contributed by atoms with Crippen LogP contribution in [0.25, 0.3) is 11.1 Å².